The van der Waals surface area contributed by atoms with Crippen molar-refractivity contribution in [2.75, 3.05) is 26.2 Å². The minimum absolute atomic E-state index is 0.0711. The molecule has 1 rings (SSSR count). The van der Waals surface area contributed by atoms with Gasteiger partial charge >= 0.3 is 0 Å². The largest absolute Gasteiger partial charge is 0.360 e. The third-order valence-electron chi connectivity index (χ3n) is 4.59. The number of rotatable bonds is 10. The molecule has 1 heterocycles. The Morgan fingerprint density at radius 3 is 2.39 bits per heavy atom. The smallest absolute Gasteiger partial charge is 0.273 e. The molecular formula is C18H33N3O2. The highest BCUT2D eigenvalue weighted by Crippen LogP contribution is 2.24. The van der Waals surface area contributed by atoms with Crippen LogP contribution in [0.25, 0.3) is 0 Å². The van der Waals surface area contributed by atoms with E-state index in [0.717, 1.165) is 50.2 Å². The Morgan fingerprint density at radius 2 is 1.91 bits per heavy atom. The van der Waals surface area contributed by atoms with Crippen LogP contribution in [-0.2, 0) is 6.42 Å². The van der Waals surface area contributed by atoms with Crippen molar-refractivity contribution in [3.63, 3.8) is 0 Å². The highest BCUT2D eigenvalue weighted by atomic mass is 16.5. The zero-order valence-electron chi connectivity index (χ0n) is 15.7. The lowest BCUT2D eigenvalue weighted by Crippen LogP contribution is -2.44. The van der Waals surface area contributed by atoms with Gasteiger partial charge in [-0.3, -0.25) is 4.79 Å². The average molecular weight is 323 g/mol. The summed E-state index contributed by atoms with van der Waals surface area (Å²) in [4.78, 5) is 14.8. The number of aromatic nitrogens is 1. The fraction of sp³-hybridized carbons (Fsp3) is 0.778. The maximum atomic E-state index is 12.4. The van der Waals surface area contributed by atoms with E-state index < -0.39 is 0 Å². The van der Waals surface area contributed by atoms with Gasteiger partial charge in [-0.1, -0.05) is 46.2 Å². The summed E-state index contributed by atoms with van der Waals surface area (Å²) in [5.74, 6) is 0.655. The first-order valence-corrected chi connectivity index (χ1v) is 8.86. The predicted octanol–water partition coefficient (Wildman–Crippen LogP) is 3.42. The summed E-state index contributed by atoms with van der Waals surface area (Å²) in [7, 11) is 0. The number of nitrogens with one attached hydrogen (secondary N) is 1. The van der Waals surface area contributed by atoms with Crippen LogP contribution in [0.1, 0.15) is 69.3 Å². The molecule has 5 heteroatoms. The summed E-state index contributed by atoms with van der Waals surface area (Å²) >= 11 is 0. The summed E-state index contributed by atoms with van der Waals surface area (Å²) in [5.41, 5.74) is 1.34. The minimum Gasteiger partial charge on any atom is -0.360 e. The molecule has 0 aliphatic carbocycles. The summed E-state index contributed by atoms with van der Waals surface area (Å²) in [5, 5.41) is 7.00. The molecule has 0 aromatic carbocycles. The van der Waals surface area contributed by atoms with E-state index >= 15 is 0 Å². The Balaban J connectivity index is 2.73. The standard InChI is InChI=1S/C18H33N3O2/c1-7-11-18(6,13-21(9-3)10-4)12-19-17(22)16-14(5)15(8-2)23-20-16/h7-13H2,1-6H3,(H,19,22). The van der Waals surface area contributed by atoms with E-state index in [1.807, 2.05) is 13.8 Å². The fourth-order valence-corrected chi connectivity index (χ4v) is 3.10. The molecule has 0 fully saturated rings. The van der Waals surface area contributed by atoms with Gasteiger partial charge in [-0.15, -0.1) is 0 Å². The number of aryl methyl sites for hydroxylation is 1. The van der Waals surface area contributed by atoms with Crippen molar-refractivity contribution in [3.05, 3.63) is 17.0 Å². The molecule has 1 atom stereocenters. The number of hydrogen-bond acceptors (Lipinski definition) is 4. The lowest BCUT2D eigenvalue weighted by Gasteiger charge is -2.34. The molecule has 0 aliphatic heterocycles. The Kier molecular flexibility index (Phi) is 7.76. The maximum Gasteiger partial charge on any atom is 0.273 e. The molecule has 0 bridgehead atoms. The Morgan fingerprint density at radius 1 is 1.26 bits per heavy atom. The van der Waals surface area contributed by atoms with Gasteiger partial charge in [-0.25, -0.2) is 0 Å². The lowest BCUT2D eigenvalue weighted by molar-refractivity contribution is 0.0899. The van der Waals surface area contributed by atoms with E-state index in [2.05, 4.69) is 43.1 Å². The second-order valence-corrected chi connectivity index (χ2v) is 6.64. The summed E-state index contributed by atoms with van der Waals surface area (Å²) < 4.78 is 5.23. The highest BCUT2D eigenvalue weighted by Gasteiger charge is 2.27. The Labute approximate surface area is 140 Å². The Hall–Kier alpha value is -1.36. The van der Waals surface area contributed by atoms with Gasteiger partial charge in [-0.05, 0) is 31.8 Å². The summed E-state index contributed by atoms with van der Waals surface area (Å²) in [6.07, 6.45) is 2.94. The van der Waals surface area contributed by atoms with Crippen molar-refractivity contribution in [1.82, 2.24) is 15.4 Å². The van der Waals surface area contributed by atoms with Gasteiger partial charge in [0.2, 0.25) is 0 Å². The number of hydrogen-bond donors (Lipinski definition) is 1. The van der Waals surface area contributed by atoms with Gasteiger partial charge in [-0.2, -0.15) is 0 Å². The predicted molar refractivity (Wildman–Crippen MR) is 93.8 cm³/mol. The molecule has 1 unspecified atom stereocenters. The highest BCUT2D eigenvalue weighted by molar-refractivity contribution is 5.93. The minimum atomic E-state index is -0.132. The molecule has 0 aliphatic rings. The van der Waals surface area contributed by atoms with E-state index in [1.165, 1.54) is 0 Å². The molecule has 0 radical (unpaired) electrons. The SMILES string of the molecule is CCCC(C)(CNC(=O)c1noc(CC)c1C)CN(CC)CC. The molecule has 1 aromatic heterocycles. The van der Waals surface area contributed by atoms with Crippen LogP contribution in [0.4, 0.5) is 0 Å². The molecule has 0 saturated heterocycles. The van der Waals surface area contributed by atoms with Crippen molar-refractivity contribution < 1.29 is 9.32 Å². The van der Waals surface area contributed by atoms with Crippen molar-refractivity contribution in [2.24, 2.45) is 5.41 Å². The van der Waals surface area contributed by atoms with E-state index in [0.29, 0.717) is 12.2 Å². The number of amides is 1. The van der Waals surface area contributed by atoms with Crippen molar-refractivity contribution in [2.45, 2.75) is 60.8 Å². The van der Waals surface area contributed by atoms with Crippen LogP contribution in [0.2, 0.25) is 0 Å². The fourth-order valence-electron chi connectivity index (χ4n) is 3.10. The van der Waals surface area contributed by atoms with Crippen LogP contribution < -0.4 is 5.32 Å². The molecule has 1 aromatic rings. The van der Waals surface area contributed by atoms with E-state index in [4.69, 9.17) is 4.52 Å². The quantitative estimate of drug-likeness (QED) is 0.717. The normalized spacial score (nSPS) is 14.0. The van der Waals surface area contributed by atoms with Gasteiger partial charge in [0, 0.05) is 25.1 Å². The molecule has 5 nitrogen and oxygen atoms in total. The third kappa shape index (κ3) is 5.34. The zero-order chi connectivity index (χ0) is 17.5. The molecule has 0 spiro atoms. The lowest BCUT2D eigenvalue weighted by atomic mass is 9.84. The number of carbonyl (C=O) groups excluding carboxylic acids is 1. The van der Waals surface area contributed by atoms with Gasteiger partial charge in [0.15, 0.2) is 5.69 Å². The van der Waals surface area contributed by atoms with Crippen molar-refractivity contribution in [1.29, 1.82) is 0 Å². The van der Waals surface area contributed by atoms with Crippen LogP contribution in [0.3, 0.4) is 0 Å². The molecule has 1 amide bonds. The summed E-state index contributed by atoms with van der Waals surface area (Å²) in [6.45, 7) is 16.4. The topological polar surface area (TPSA) is 58.4 Å². The number of nitrogens with zero attached hydrogens (tertiary/aromatic N) is 2. The van der Waals surface area contributed by atoms with Crippen LogP contribution in [0, 0.1) is 12.3 Å². The van der Waals surface area contributed by atoms with Crippen LogP contribution in [0.15, 0.2) is 4.52 Å². The Bertz CT molecular complexity index is 494. The van der Waals surface area contributed by atoms with Crippen molar-refractivity contribution >= 4 is 5.91 Å². The second-order valence-electron chi connectivity index (χ2n) is 6.64. The first kappa shape index (κ1) is 19.7. The van der Waals surface area contributed by atoms with Gasteiger partial charge in [0.05, 0.1) is 0 Å². The van der Waals surface area contributed by atoms with Gasteiger partial charge in [0.25, 0.3) is 5.91 Å². The van der Waals surface area contributed by atoms with E-state index in [9.17, 15) is 4.79 Å². The molecule has 23 heavy (non-hydrogen) atoms. The van der Waals surface area contributed by atoms with E-state index in [1.54, 1.807) is 0 Å². The molecular weight excluding hydrogens is 290 g/mol. The van der Waals surface area contributed by atoms with Gasteiger partial charge < -0.3 is 14.7 Å². The van der Waals surface area contributed by atoms with Crippen LogP contribution in [-0.4, -0.2) is 42.1 Å². The van der Waals surface area contributed by atoms with Gasteiger partial charge in [0.1, 0.15) is 5.76 Å². The molecule has 132 valence electrons. The second kappa shape index (κ2) is 9.06. The first-order valence-electron chi connectivity index (χ1n) is 8.86. The van der Waals surface area contributed by atoms with Crippen molar-refractivity contribution in [3.8, 4) is 0 Å². The van der Waals surface area contributed by atoms with E-state index in [-0.39, 0.29) is 11.3 Å². The number of carbonyl (C=O) groups is 1. The van der Waals surface area contributed by atoms with Crippen LogP contribution >= 0.6 is 0 Å². The first-order chi connectivity index (χ1) is 10.9. The van der Waals surface area contributed by atoms with Crippen LogP contribution in [0.5, 0.6) is 0 Å². The zero-order valence-corrected chi connectivity index (χ0v) is 15.7. The molecule has 0 saturated carbocycles. The monoisotopic (exact) mass is 323 g/mol. The summed E-state index contributed by atoms with van der Waals surface area (Å²) in [6, 6.07) is 0. The maximum absolute atomic E-state index is 12.4. The third-order valence-corrected chi connectivity index (χ3v) is 4.59. The average Bonchev–Trinajstić information content (AvgIpc) is 2.91. The molecule has 1 N–H and O–H groups in total.